The second-order valence-electron chi connectivity index (χ2n) is 5.33. The number of nitro benzene ring substituents is 2. The fourth-order valence-corrected chi connectivity index (χ4v) is 6.73. The van der Waals surface area contributed by atoms with Crippen LogP contribution in [-0.4, -0.2) is 33.3 Å². The van der Waals surface area contributed by atoms with Crippen molar-refractivity contribution in [1.29, 1.82) is 0 Å². The molecule has 0 heterocycles. The second kappa shape index (κ2) is 7.96. The second-order valence-corrected chi connectivity index (χ2v) is 10.8. The summed E-state index contributed by atoms with van der Waals surface area (Å²) in [6.45, 7) is 0.582. The van der Waals surface area contributed by atoms with Crippen molar-refractivity contribution in [3.63, 3.8) is 0 Å². The van der Waals surface area contributed by atoms with Crippen LogP contribution in [0.25, 0.3) is 0 Å². The quantitative estimate of drug-likeness (QED) is 0.315. The van der Waals surface area contributed by atoms with Gasteiger partial charge in [-0.15, -0.1) is 0 Å². The summed E-state index contributed by atoms with van der Waals surface area (Å²) >= 11 is 0. The van der Waals surface area contributed by atoms with Crippen LogP contribution in [0.15, 0.2) is 58.3 Å². The van der Waals surface area contributed by atoms with E-state index in [1.54, 1.807) is 0 Å². The maximum absolute atomic E-state index is 12.3. The summed E-state index contributed by atoms with van der Waals surface area (Å²) in [5.74, 6) is 0. The molecule has 0 aromatic heterocycles. The van der Waals surface area contributed by atoms with Gasteiger partial charge >= 0.3 is 27.8 Å². The predicted molar refractivity (Wildman–Crippen MR) is 96.3 cm³/mol. The SMILES string of the molecule is CP(=O)(OS(=O)(=O)c1ccc([N+](=O)[O-])cc1)OS(=O)(=O)c1ccc([N+](=O)[O-])cc1. The van der Waals surface area contributed by atoms with Gasteiger partial charge in [0.2, 0.25) is 0 Å². The Balaban J connectivity index is 2.24. The van der Waals surface area contributed by atoms with Crippen molar-refractivity contribution in [2.24, 2.45) is 0 Å². The molecular formula is C13H11N2O11PS2. The van der Waals surface area contributed by atoms with E-state index in [9.17, 15) is 41.6 Å². The number of benzene rings is 2. The number of nitro groups is 2. The van der Waals surface area contributed by atoms with Crippen LogP contribution in [0.1, 0.15) is 0 Å². The van der Waals surface area contributed by atoms with E-state index >= 15 is 0 Å². The molecular weight excluding hydrogens is 455 g/mol. The van der Waals surface area contributed by atoms with Crippen LogP contribution >= 0.6 is 7.60 Å². The highest BCUT2D eigenvalue weighted by atomic mass is 32.2. The van der Waals surface area contributed by atoms with Crippen LogP contribution in [0.5, 0.6) is 0 Å². The molecule has 0 aliphatic rings. The molecule has 0 aliphatic heterocycles. The van der Waals surface area contributed by atoms with Crippen LogP contribution in [0, 0.1) is 20.2 Å². The van der Waals surface area contributed by atoms with Crippen molar-refractivity contribution in [3.8, 4) is 0 Å². The van der Waals surface area contributed by atoms with Gasteiger partial charge in [-0.2, -0.15) is 24.8 Å². The van der Waals surface area contributed by atoms with Crippen molar-refractivity contribution in [2.75, 3.05) is 6.66 Å². The Labute approximate surface area is 164 Å². The van der Waals surface area contributed by atoms with Gasteiger partial charge in [0.25, 0.3) is 11.4 Å². The summed E-state index contributed by atoms with van der Waals surface area (Å²) in [6.07, 6.45) is 0. The molecule has 0 unspecified atom stereocenters. The lowest BCUT2D eigenvalue weighted by Gasteiger charge is -2.14. The Bertz CT molecular complexity index is 1110. The van der Waals surface area contributed by atoms with Crippen molar-refractivity contribution in [2.45, 2.75) is 9.79 Å². The molecule has 0 saturated carbocycles. The molecule has 0 fully saturated rings. The van der Waals surface area contributed by atoms with Crippen LogP contribution in [0.3, 0.4) is 0 Å². The number of non-ortho nitro benzene ring substituents is 2. The zero-order valence-electron chi connectivity index (χ0n) is 14.3. The van der Waals surface area contributed by atoms with Crippen LogP contribution < -0.4 is 0 Å². The monoisotopic (exact) mass is 466 g/mol. The Hall–Kier alpha value is -2.71. The fraction of sp³-hybridized carbons (Fsp3) is 0.0769. The molecule has 0 bridgehead atoms. The lowest BCUT2D eigenvalue weighted by molar-refractivity contribution is -0.385. The minimum absolute atomic E-state index is 0.416. The molecule has 13 nitrogen and oxygen atoms in total. The molecule has 0 amide bonds. The Morgan fingerprint density at radius 3 is 1.24 bits per heavy atom. The first kappa shape index (κ1) is 22.6. The number of hydrogen-bond donors (Lipinski definition) is 0. The largest absolute Gasteiger partial charge is 0.357 e. The lowest BCUT2D eigenvalue weighted by Crippen LogP contribution is -2.10. The molecule has 2 aromatic carbocycles. The first-order valence-electron chi connectivity index (χ1n) is 7.22. The molecule has 0 aliphatic carbocycles. The molecule has 2 aromatic rings. The molecule has 0 radical (unpaired) electrons. The van der Waals surface area contributed by atoms with Gasteiger partial charge in [0, 0.05) is 30.9 Å². The van der Waals surface area contributed by atoms with Crippen LogP contribution in [0.4, 0.5) is 11.4 Å². The maximum Gasteiger partial charge on any atom is 0.357 e. The van der Waals surface area contributed by atoms with Crippen molar-refractivity contribution in [1.82, 2.24) is 0 Å². The average molecular weight is 466 g/mol. The zero-order valence-corrected chi connectivity index (χ0v) is 16.8. The highest BCUT2D eigenvalue weighted by Gasteiger charge is 2.34. The normalized spacial score (nSPS) is 12.4. The van der Waals surface area contributed by atoms with E-state index in [4.69, 9.17) is 0 Å². The number of nitrogens with zero attached hydrogens (tertiary/aromatic N) is 2. The summed E-state index contributed by atoms with van der Waals surface area (Å²) in [4.78, 5) is 18.4. The highest BCUT2D eigenvalue weighted by molar-refractivity contribution is 7.95. The average Bonchev–Trinajstić information content (AvgIpc) is 2.60. The standard InChI is InChI=1S/C13H11N2O11PS2/c1-27(20,25-28(21,22)12-6-2-10(3-7-12)14(16)17)26-29(23,24)13-8-4-11(5-9-13)15(18)19/h2-9H,1H3. The van der Waals surface area contributed by atoms with E-state index in [0.717, 1.165) is 48.5 Å². The molecule has 0 N–H and O–H groups in total. The first-order chi connectivity index (χ1) is 13.2. The highest BCUT2D eigenvalue weighted by Crippen LogP contribution is 2.49. The summed E-state index contributed by atoms with van der Waals surface area (Å²) in [7, 11) is -14.4. The van der Waals surface area contributed by atoms with Gasteiger partial charge in [-0.3, -0.25) is 24.8 Å². The molecule has 2 rings (SSSR count). The third-order valence-electron chi connectivity index (χ3n) is 3.14. The zero-order chi connectivity index (χ0) is 22.0. The van der Waals surface area contributed by atoms with E-state index in [0.29, 0.717) is 6.66 Å². The van der Waals surface area contributed by atoms with Crippen LogP contribution in [0.2, 0.25) is 0 Å². The van der Waals surface area contributed by atoms with E-state index in [1.807, 2.05) is 0 Å². The van der Waals surface area contributed by atoms with E-state index in [2.05, 4.69) is 7.94 Å². The Morgan fingerprint density at radius 2 is 1.00 bits per heavy atom. The van der Waals surface area contributed by atoms with Crippen molar-refractivity contribution >= 4 is 39.2 Å². The van der Waals surface area contributed by atoms with Gasteiger partial charge in [0.15, 0.2) is 0 Å². The third-order valence-corrected chi connectivity index (χ3v) is 8.57. The summed E-state index contributed by atoms with van der Waals surface area (Å²) in [5, 5.41) is 21.2. The van der Waals surface area contributed by atoms with Gasteiger partial charge < -0.3 is 0 Å². The number of rotatable bonds is 8. The number of hydrogen-bond acceptors (Lipinski definition) is 11. The van der Waals surface area contributed by atoms with E-state index < -0.39 is 58.8 Å². The van der Waals surface area contributed by atoms with Crippen molar-refractivity contribution < 1.29 is 39.2 Å². The Morgan fingerprint density at radius 1 is 0.724 bits per heavy atom. The van der Waals surface area contributed by atoms with Gasteiger partial charge in [-0.1, -0.05) is 0 Å². The maximum atomic E-state index is 12.3. The fourth-order valence-electron chi connectivity index (χ4n) is 1.92. The van der Waals surface area contributed by atoms with Crippen LogP contribution in [-0.2, 0) is 32.7 Å². The summed E-state index contributed by atoms with van der Waals surface area (Å²) in [6, 6.07) is 6.63. The molecule has 16 heteroatoms. The predicted octanol–water partition coefficient (Wildman–Crippen LogP) is 2.44. The summed E-state index contributed by atoms with van der Waals surface area (Å²) in [5.41, 5.74) is -0.832. The minimum atomic E-state index is -4.80. The lowest BCUT2D eigenvalue weighted by atomic mass is 10.3. The smallest absolute Gasteiger partial charge is 0.258 e. The third kappa shape index (κ3) is 5.65. The first-order valence-corrected chi connectivity index (χ1v) is 12.0. The van der Waals surface area contributed by atoms with E-state index in [1.165, 1.54) is 0 Å². The topological polar surface area (TPSA) is 190 Å². The van der Waals surface area contributed by atoms with Gasteiger partial charge in [0.1, 0.15) is 0 Å². The van der Waals surface area contributed by atoms with E-state index in [-0.39, 0.29) is 0 Å². The minimum Gasteiger partial charge on any atom is -0.258 e. The van der Waals surface area contributed by atoms with Gasteiger partial charge in [-0.25, -0.2) is 0 Å². The molecule has 0 atom stereocenters. The molecule has 0 saturated heterocycles. The van der Waals surface area contributed by atoms with Gasteiger partial charge in [-0.05, 0) is 24.3 Å². The molecule has 0 spiro atoms. The Kier molecular flexibility index (Phi) is 6.20. The molecule has 29 heavy (non-hydrogen) atoms. The summed E-state index contributed by atoms with van der Waals surface area (Å²) < 4.78 is 69.7. The molecule has 156 valence electrons. The van der Waals surface area contributed by atoms with Gasteiger partial charge in [0.05, 0.1) is 19.6 Å². The van der Waals surface area contributed by atoms with Crippen molar-refractivity contribution in [3.05, 3.63) is 68.8 Å².